The zero-order valence-corrected chi connectivity index (χ0v) is 9.68. The van der Waals surface area contributed by atoms with E-state index in [-0.39, 0.29) is 0 Å². The fourth-order valence-electron chi connectivity index (χ4n) is 1.75. The lowest BCUT2D eigenvalue weighted by Gasteiger charge is -2.24. The Labute approximate surface area is 87.7 Å². The molecule has 1 heterocycles. The van der Waals surface area contributed by atoms with Crippen LogP contribution in [0.2, 0.25) is 0 Å². The van der Waals surface area contributed by atoms with Crippen LogP contribution in [0.1, 0.15) is 39.5 Å². The average molecular weight is 197 g/mol. The largest absolute Gasteiger partial charge is 0.497 e. The maximum Gasteiger partial charge on any atom is 0.109 e. The average Bonchev–Trinajstić information content (AvgIpc) is 2.20. The van der Waals surface area contributed by atoms with Crippen LogP contribution in [-0.4, -0.2) is 19.7 Å². The molecule has 82 valence electrons. The topological polar surface area (TPSA) is 21.3 Å². The second-order valence-corrected chi connectivity index (χ2v) is 4.41. The molecule has 0 saturated carbocycles. The van der Waals surface area contributed by atoms with E-state index in [4.69, 9.17) is 4.74 Å². The van der Waals surface area contributed by atoms with Crippen molar-refractivity contribution < 1.29 is 4.74 Å². The summed E-state index contributed by atoms with van der Waals surface area (Å²) in [5.74, 6) is 1.94. The molecule has 0 saturated heterocycles. The van der Waals surface area contributed by atoms with E-state index >= 15 is 0 Å². The van der Waals surface area contributed by atoms with Gasteiger partial charge in [-0.1, -0.05) is 13.8 Å². The smallest absolute Gasteiger partial charge is 0.109 e. The van der Waals surface area contributed by atoms with Gasteiger partial charge >= 0.3 is 0 Å². The maximum atomic E-state index is 5.66. The molecule has 2 nitrogen and oxygen atoms in total. The highest BCUT2D eigenvalue weighted by molar-refractivity contribution is 5.05. The lowest BCUT2D eigenvalue weighted by Crippen LogP contribution is -2.30. The molecular weight excluding hydrogens is 174 g/mol. The molecule has 0 spiro atoms. The normalized spacial score (nSPS) is 19.0. The Morgan fingerprint density at radius 2 is 2.21 bits per heavy atom. The molecule has 0 aromatic rings. The van der Waals surface area contributed by atoms with E-state index < -0.39 is 0 Å². The van der Waals surface area contributed by atoms with E-state index in [1.807, 2.05) is 7.05 Å². The van der Waals surface area contributed by atoms with Crippen LogP contribution in [-0.2, 0) is 4.74 Å². The van der Waals surface area contributed by atoms with E-state index in [9.17, 15) is 0 Å². The summed E-state index contributed by atoms with van der Waals surface area (Å²) in [6, 6.07) is 0.428. The fraction of sp³-hybridized carbons (Fsp3) is 0.833. The molecule has 0 aromatic heterocycles. The minimum Gasteiger partial charge on any atom is -0.497 e. The van der Waals surface area contributed by atoms with Crippen LogP contribution in [0.3, 0.4) is 0 Å². The van der Waals surface area contributed by atoms with E-state index in [0.717, 1.165) is 12.5 Å². The zero-order valence-electron chi connectivity index (χ0n) is 9.68. The van der Waals surface area contributed by atoms with Crippen LogP contribution in [0.15, 0.2) is 11.8 Å². The first-order chi connectivity index (χ1) is 6.74. The SMILES string of the molecule is CNC(CCC(C)C)C1=CCCCO1. The van der Waals surface area contributed by atoms with Gasteiger partial charge < -0.3 is 10.1 Å². The number of ether oxygens (including phenoxy) is 1. The molecule has 1 aliphatic heterocycles. The molecule has 0 aromatic carbocycles. The molecule has 0 radical (unpaired) electrons. The molecule has 0 aliphatic carbocycles. The molecule has 1 unspecified atom stereocenters. The number of hydrogen-bond acceptors (Lipinski definition) is 2. The quantitative estimate of drug-likeness (QED) is 0.731. The number of likely N-dealkylation sites (N-methyl/N-ethyl adjacent to an activating group) is 1. The van der Waals surface area contributed by atoms with Crippen molar-refractivity contribution in [1.29, 1.82) is 0 Å². The van der Waals surface area contributed by atoms with E-state index in [1.54, 1.807) is 0 Å². The molecule has 0 fully saturated rings. The zero-order chi connectivity index (χ0) is 10.4. The van der Waals surface area contributed by atoms with Gasteiger partial charge in [-0.05, 0) is 44.7 Å². The Hall–Kier alpha value is -0.500. The highest BCUT2D eigenvalue weighted by Gasteiger charge is 2.15. The van der Waals surface area contributed by atoms with Gasteiger partial charge in [0.15, 0.2) is 0 Å². The molecule has 2 heteroatoms. The van der Waals surface area contributed by atoms with Crippen molar-refractivity contribution in [2.45, 2.75) is 45.6 Å². The monoisotopic (exact) mass is 197 g/mol. The van der Waals surface area contributed by atoms with Gasteiger partial charge in [-0.25, -0.2) is 0 Å². The van der Waals surface area contributed by atoms with Gasteiger partial charge in [0.2, 0.25) is 0 Å². The molecule has 0 bridgehead atoms. The summed E-state index contributed by atoms with van der Waals surface area (Å²) < 4.78 is 5.66. The number of allylic oxidation sites excluding steroid dienone is 1. The van der Waals surface area contributed by atoms with Crippen molar-refractivity contribution >= 4 is 0 Å². The molecule has 1 aliphatic rings. The first-order valence-corrected chi connectivity index (χ1v) is 5.74. The summed E-state index contributed by atoms with van der Waals surface area (Å²) in [7, 11) is 2.02. The van der Waals surface area contributed by atoms with Crippen molar-refractivity contribution in [1.82, 2.24) is 5.32 Å². The third-order valence-corrected chi connectivity index (χ3v) is 2.69. The summed E-state index contributed by atoms with van der Waals surface area (Å²) in [4.78, 5) is 0. The van der Waals surface area contributed by atoms with Crippen LogP contribution < -0.4 is 5.32 Å². The minimum absolute atomic E-state index is 0.428. The van der Waals surface area contributed by atoms with E-state index in [0.29, 0.717) is 6.04 Å². The van der Waals surface area contributed by atoms with Gasteiger partial charge in [0.25, 0.3) is 0 Å². The number of nitrogens with one attached hydrogen (secondary N) is 1. The number of rotatable bonds is 5. The Balaban J connectivity index is 2.39. The molecular formula is C12H23NO. The summed E-state index contributed by atoms with van der Waals surface area (Å²) in [6.45, 7) is 5.43. The van der Waals surface area contributed by atoms with Crippen LogP contribution >= 0.6 is 0 Å². The van der Waals surface area contributed by atoms with Crippen molar-refractivity contribution in [3.8, 4) is 0 Å². The summed E-state index contributed by atoms with van der Waals surface area (Å²) in [5, 5.41) is 3.33. The summed E-state index contributed by atoms with van der Waals surface area (Å²) in [5.41, 5.74) is 0. The molecule has 1 atom stereocenters. The van der Waals surface area contributed by atoms with Gasteiger partial charge in [-0.2, -0.15) is 0 Å². The molecule has 1 rings (SSSR count). The third-order valence-electron chi connectivity index (χ3n) is 2.69. The lowest BCUT2D eigenvalue weighted by atomic mass is 10.0. The summed E-state index contributed by atoms with van der Waals surface area (Å²) in [6.07, 6.45) is 7.02. The van der Waals surface area contributed by atoms with Crippen molar-refractivity contribution in [2.75, 3.05) is 13.7 Å². The molecule has 14 heavy (non-hydrogen) atoms. The Morgan fingerprint density at radius 1 is 1.43 bits per heavy atom. The van der Waals surface area contributed by atoms with Crippen molar-refractivity contribution in [3.05, 3.63) is 11.8 Å². The third kappa shape index (κ3) is 3.70. The summed E-state index contributed by atoms with van der Waals surface area (Å²) >= 11 is 0. The predicted octanol–water partition coefficient (Wildman–Crippen LogP) is 2.70. The Bertz CT molecular complexity index is 187. The number of hydrogen-bond donors (Lipinski definition) is 1. The Kier molecular flexibility index (Phi) is 5.02. The van der Waals surface area contributed by atoms with Crippen LogP contribution in [0.5, 0.6) is 0 Å². The van der Waals surface area contributed by atoms with Gasteiger partial charge in [0.1, 0.15) is 5.76 Å². The highest BCUT2D eigenvalue weighted by atomic mass is 16.5. The predicted molar refractivity (Wildman–Crippen MR) is 60.2 cm³/mol. The van der Waals surface area contributed by atoms with Crippen molar-refractivity contribution in [3.63, 3.8) is 0 Å². The van der Waals surface area contributed by atoms with Gasteiger partial charge in [-0.15, -0.1) is 0 Å². The lowest BCUT2D eigenvalue weighted by molar-refractivity contribution is 0.165. The van der Waals surface area contributed by atoms with Crippen molar-refractivity contribution in [2.24, 2.45) is 5.92 Å². The Morgan fingerprint density at radius 3 is 2.71 bits per heavy atom. The van der Waals surface area contributed by atoms with Crippen LogP contribution in [0.4, 0.5) is 0 Å². The second kappa shape index (κ2) is 6.07. The standard InChI is InChI=1S/C12H23NO/c1-10(2)7-8-11(13-3)12-6-4-5-9-14-12/h6,10-11,13H,4-5,7-9H2,1-3H3. The highest BCUT2D eigenvalue weighted by Crippen LogP contribution is 2.18. The minimum atomic E-state index is 0.428. The van der Waals surface area contributed by atoms with Crippen LogP contribution in [0.25, 0.3) is 0 Å². The van der Waals surface area contributed by atoms with Crippen LogP contribution in [0, 0.1) is 5.92 Å². The van der Waals surface area contributed by atoms with Gasteiger partial charge in [0, 0.05) is 0 Å². The fourth-order valence-corrected chi connectivity index (χ4v) is 1.75. The second-order valence-electron chi connectivity index (χ2n) is 4.41. The molecule has 1 N–H and O–H groups in total. The first kappa shape index (κ1) is 11.6. The van der Waals surface area contributed by atoms with Gasteiger partial charge in [-0.3, -0.25) is 0 Å². The van der Waals surface area contributed by atoms with E-state index in [1.165, 1.54) is 31.4 Å². The first-order valence-electron chi connectivity index (χ1n) is 5.74. The van der Waals surface area contributed by atoms with Gasteiger partial charge in [0.05, 0.1) is 12.6 Å². The maximum absolute atomic E-state index is 5.66. The molecule has 0 amide bonds. The van der Waals surface area contributed by atoms with E-state index in [2.05, 4.69) is 25.2 Å².